The first-order valence-corrected chi connectivity index (χ1v) is 7.04. The molecule has 1 unspecified atom stereocenters. The third-order valence-corrected chi connectivity index (χ3v) is 3.75. The molecule has 0 bridgehead atoms. The molecule has 0 fully saturated rings. The Kier molecular flexibility index (Phi) is 6.63. The van der Waals surface area contributed by atoms with Crippen LogP contribution in [0.4, 0.5) is 0 Å². The van der Waals surface area contributed by atoms with Gasteiger partial charge >= 0.3 is 0 Å². The Morgan fingerprint density at radius 3 is 3.00 bits per heavy atom. The van der Waals surface area contributed by atoms with Gasteiger partial charge in [-0.15, -0.1) is 23.6 Å². The zero-order valence-electron chi connectivity index (χ0n) is 9.37. The van der Waals surface area contributed by atoms with E-state index in [2.05, 4.69) is 39.9 Å². The highest BCUT2D eigenvalue weighted by atomic mass is 79.9. The van der Waals surface area contributed by atoms with Gasteiger partial charge in [0.1, 0.15) is 0 Å². The van der Waals surface area contributed by atoms with Crippen molar-refractivity contribution in [3.63, 3.8) is 0 Å². The molecule has 0 saturated heterocycles. The normalized spacial score (nSPS) is 11.7. The molecule has 2 N–H and O–H groups in total. The Hall–Kier alpha value is -0.430. The van der Waals surface area contributed by atoms with Gasteiger partial charge in [0.05, 0.1) is 0 Å². The lowest BCUT2D eigenvalue weighted by molar-refractivity contribution is 0.692. The van der Waals surface area contributed by atoms with Gasteiger partial charge in [-0.3, -0.25) is 0 Å². The maximum atomic E-state index is 6.00. The van der Waals surface area contributed by atoms with E-state index >= 15 is 0 Å². The zero-order chi connectivity index (χ0) is 11.8. The molecule has 1 aromatic carbocycles. The van der Waals surface area contributed by atoms with Crippen molar-refractivity contribution in [2.45, 2.75) is 30.7 Å². The van der Waals surface area contributed by atoms with Crippen LogP contribution in [0.3, 0.4) is 0 Å². The van der Waals surface area contributed by atoms with Crippen molar-refractivity contribution in [1.82, 2.24) is 0 Å². The Morgan fingerprint density at radius 2 is 2.31 bits per heavy atom. The summed E-state index contributed by atoms with van der Waals surface area (Å²) < 4.78 is 1.11. The van der Waals surface area contributed by atoms with Gasteiger partial charge in [-0.25, -0.2) is 0 Å². The van der Waals surface area contributed by atoms with Crippen molar-refractivity contribution in [2.75, 3.05) is 5.75 Å². The summed E-state index contributed by atoms with van der Waals surface area (Å²) in [6.45, 7) is 1.86. The molecule has 0 heterocycles. The lowest BCUT2D eigenvalue weighted by atomic mass is 10.2. The summed E-state index contributed by atoms with van der Waals surface area (Å²) in [5.41, 5.74) is 6.00. The molecular formula is C13H16BrNS. The van der Waals surface area contributed by atoms with Gasteiger partial charge in [-0.1, -0.05) is 22.0 Å². The molecule has 0 saturated carbocycles. The van der Waals surface area contributed by atoms with Crippen molar-refractivity contribution >= 4 is 27.7 Å². The quantitative estimate of drug-likeness (QED) is 0.663. The average molecular weight is 298 g/mol. The monoisotopic (exact) mass is 297 g/mol. The minimum Gasteiger partial charge on any atom is -0.327 e. The fourth-order valence-electron chi connectivity index (χ4n) is 1.23. The van der Waals surface area contributed by atoms with Crippen LogP contribution in [0.1, 0.15) is 19.8 Å². The molecule has 0 aliphatic carbocycles. The zero-order valence-corrected chi connectivity index (χ0v) is 11.8. The van der Waals surface area contributed by atoms with E-state index in [-0.39, 0.29) is 6.04 Å². The van der Waals surface area contributed by atoms with Crippen LogP contribution in [0.5, 0.6) is 0 Å². The SMILES string of the molecule is CC#CCCC(N)CSc1cccc(Br)c1. The Balaban J connectivity index is 2.30. The number of nitrogens with two attached hydrogens (primary N) is 1. The predicted octanol–water partition coefficient (Wildman–Crippen LogP) is 3.67. The first-order chi connectivity index (χ1) is 7.72. The van der Waals surface area contributed by atoms with Gasteiger partial charge in [0.15, 0.2) is 0 Å². The number of benzene rings is 1. The van der Waals surface area contributed by atoms with Crippen molar-refractivity contribution in [1.29, 1.82) is 0 Å². The Morgan fingerprint density at radius 1 is 1.50 bits per heavy atom. The van der Waals surface area contributed by atoms with Crippen molar-refractivity contribution < 1.29 is 0 Å². The largest absolute Gasteiger partial charge is 0.327 e. The van der Waals surface area contributed by atoms with Crippen LogP contribution in [-0.4, -0.2) is 11.8 Å². The molecule has 0 aliphatic heterocycles. The van der Waals surface area contributed by atoms with Crippen LogP contribution in [0.25, 0.3) is 0 Å². The van der Waals surface area contributed by atoms with E-state index in [1.54, 1.807) is 11.8 Å². The molecule has 86 valence electrons. The highest BCUT2D eigenvalue weighted by Crippen LogP contribution is 2.22. The molecule has 16 heavy (non-hydrogen) atoms. The van der Waals surface area contributed by atoms with Crippen LogP contribution >= 0.6 is 27.7 Å². The third-order valence-electron chi connectivity index (χ3n) is 2.08. The molecular weight excluding hydrogens is 282 g/mol. The highest BCUT2D eigenvalue weighted by molar-refractivity contribution is 9.10. The fraction of sp³-hybridized carbons (Fsp3) is 0.385. The summed E-state index contributed by atoms with van der Waals surface area (Å²) in [4.78, 5) is 1.26. The number of halogens is 1. The number of hydrogen-bond acceptors (Lipinski definition) is 2. The maximum absolute atomic E-state index is 6.00. The molecule has 0 spiro atoms. The summed E-state index contributed by atoms with van der Waals surface area (Å²) in [6.07, 6.45) is 1.87. The van der Waals surface area contributed by atoms with Crippen molar-refractivity contribution in [3.05, 3.63) is 28.7 Å². The predicted molar refractivity (Wildman–Crippen MR) is 75.5 cm³/mol. The molecule has 1 nitrogen and oxygen atoms in total. The molecule has 0 aromatic heterocycles. The molecule has 0 radical (unpaired) electrons. The molecule has 1 atom stereocenters. The molecule has 0 aliphatic rings. The summed E-state index contributed by atoms with van der Waals surface area (Å²) in [7, 11) is 0. The van der Waals surface area contributed by atoms with E-state index in [1.807, 2.05) is 19.1 Å². The van der Waals surface area contributed by atoms with Gasteiger partial charge in [-0.2, -0.15) is 0 Å². The second kappa shape index (κ2) is 7.78. The second-order valence-electron chi connectivity index (χ2n) is 3.49. The summed E-state index contributed by atoms with van der Waals surface area (Å²) in [5.74, 6) is 6.87. The topological polar surface area (TPSA) is 26.0 Å². The summed E-state index contributed by atoms with van der Waals surface area (Å²) in [6, 6.07) is 8.52. The maximum Gasteiger partial charge on any atom is 0.0186 e. The van der Waals surface area contributed by atoms with E-state index < -0.39 is 0 Å². The van der Waals surface area contributed by atoms with Crippen molar-refractivity contribution in [3.8, 4) is 11.8 Å². The lowest BCUT2D eigenvalue weighted by Gasteiger charge is -2.09. The van der Waals surface area contributed by atoms with Gasteiger partial charge in [0, 0.05) is 27.6 Å². The van der Waals surface area contributed by atoms with E-state index in [1.165, 1.54) is 4.90 Å². The molecule has 0 amide bonds. The van der Waals surface area contributed by atoms with E-state index in [0.29, 0.717) is 0 Å². The van der Waals surface area contributed by atoms with E-state index in [4.69, 9.17) is 5.73 Å². The van der Waals surface area contributed by atoms with Gasteiger partial charge in [0.2, 0.25) is 0 Å². The first-order valence-electron chi connectivity index (χ1n) is 5.26. The first kappa shape index (κ1) is 13.6. The summed E-state index contributed by atoms with van der Waals surface area (Å²) in [5, 5.41) is 0. The van der Waals surface area contributed by atoms with Crippen LogP contribution in [-0.2, 0) is 0 Å². The van der Waals surface area contributed by atoms with E-state index in [9.17, 15) is 0 Å². The summed E-state index contributed by atoms with van der Waals surface area (Å²) >= 11 is 5.26. The van der Waals surface area contributed by atoms with Crippen LogP contribution in [0.2, 0.25) is 0 Å². The standard InChI is InChI=1S/C13H16BrNS/c1-2-3-4-7-12(15)10-16-13-8-5-6-11(14)9-13/h5-6,8-9,12H,4,7,10,15H2,1H3. The van der Waals surface area contributed by atoms with Gasteiger partial charge in [0.25, 0.3) is 0 Å². The average Bonchev–Trinajstić information content (AvgIpc) is 2.27. The third kappa shape index (κ3) is 5.60. The molecule has 1 aromatic rings. The highest BCUT2D eigenvalue weighted by Gasteiger charge is 2.02. The minimum atomic E-state index is 0.227. The Labute approximate surface area is 110 Å². The minimum absolute atomic E-state index is 0.227. The smallest absolute Gasteiger partial charge is 0.0186 e. The van der Waals surface area contributed by atoms with Gasteiger partial charge in [-0.05, 0) is 31.5 Å². The fourth-order valence-corrected chi connectivity index (χ4v) is 2.73. The Bertz CT molecular complexity index is 381. The van der Waals surface area contributed by atoms with Gasteiger partial charge < -0.3 is 5.73 Å². The van der Waals surface area contributed by atoms with Crippen LogP contribution in [0.15, 0.2) is 33.6 Å². The van der Waals surface area contributed by atoms with Crippen molar-refractivity contribution in [2.24, 2.45) is 5.73 Å². The molecule has 1 rings (SSSR count). The lowest BCUT2D eigenvalue weighted by Crippen LogP contribution is -2.22. The van der Waals surface area contributed by atoms with E-state index in [0.717, 1.165) is 23.1 Å². The number of thioether (sulfide) groups is 1. The van der Waals surface area contributed by atoms with Crippen LogP contribution in [0, 0.1) is 11.8 Å². The molecule has 3 heteroatoms. The number of hydrogen-bond donors (Lipinski definition) is 1. The second-order valence-corrected chi connectivity index (χ2v) is 5.50. The number of rotatable bonds is 5. The van der Waals surface area contributed by atoms with Crippen LogP contribution < -0.4 is 5.73 Å².